The van der Waals surface area contributed by atoms with Gasteiger partial charge in [0, 0.05) is 30.1 Å². The molecule has 9 atom stereocenters. The van der Waals surface area contributed by atoms with Gasteiger partial charge in [-0.25, -0.2) is 5.43 Å². The number of amides is 5. The summed E-state index contributed by atoms with van der Waals surface area (Å²) in [6, 6.07) is -0.426. The number of hydrogen-bond acceptors (Lipinski definition) is 18. The van der Waals surface area contributed by atoms with E-state index >= 15 is 0 Å². The molecule has 0 spiro atoms. The van der Waals surface area contributed by atoms with Gasteiger partial charge in [0.1, 0.15) is 17.4 Å². The predicted molar refractivity (Wildman–Crippen MR) is 312 cm³/mol. The van der Waals surface area contributed by atoms with Gasteiger partial charge in [-0.15, -0.1) is 0 Å². The Balaban J connectivity index is 0.0000113. The zero-order chi connectivity index (χ0) is 61.7. The fraction of sp³-hybridized carbons (Fsp3) is 0.638. The third kappa shape index (κ3) is 23.5. The van der Waals surface area contributed by atoms with Crippen LogP contribution in [0.4, 0.5) is 0 Å². The Labute approximate surface area is 482 Å². The molecule has 1 aromatic carbocycles. The van der Waals surface area contributed by atoms with Crippen molar-refractivity contribution in [2.24, 2.45) is 29.1 Å². The average molecular weight is 1150 g/mol. The molecule has 0 radical (unpaired) electrons. The van der Waals surface area contributed by atoms with Crippen LogP contribution in [0.3, 0.4) is 0 Å². The number of allylic oxidation sites excluding steroid dienone is 2. The van der Waals surface area contributed by atoms with Crippen LogP contribution in [-0.4, -0.2) is 155 Å². The first-order valence-corrected chi connectivity index (χ1v) is 28.5. The summed E-state index contributed by atoms with van der Waals surface area (Å²) < 4.78 is 0. The minimum absolute atomic E-state index is 0.0392. The zero-order valence-corrected chi connectivity index (χ0v) is 49.6. The predicted octanol–water partition coefficient (Wildman–Crippen LogP) is 0.596. The molecule has 3 rings (SSSR count). The number of rotatable bonds is 20. The Bertz CT molecular complexity index is 2520. The normalized spacial score (nSPS) is 24.2. The van der Waals surface area contributed by atoms with Crippen LogP contribution in [0.25, 0.3) is 10.9 Å². The number of ketones is 6. The van der Waals surface area contributed by atoms with E-state index in [4.69, 9.17) is 11.6 Å². The Hall–Kier alpha value is -6.41. The highest BCUT2D eigenvalue weighted by atomic mass is 16.3. The molecule has 16 N–H and O–H groups in total. The van der Waals surface area contributed by atoms with Crippen LogP contribution < -0.4 is 60.0 Å². The number of carbonyl (C=O) groups is 11. The second kappa shape index (κ2) is 36.2. The van der Waals surface area contributed by atoms with Crippen molar-refractivity contribution < 1.29 is 57.8 Å². The van der Waals surface area contributed by atoms with Crippen LogP contribution in [0.15, 0.2) is 42.6 Å². The van der Waals surface area contributed by atoms with Crippen molar-refractivity contribution >= 4 is 75.1 Å². The molecule has 24 nitrogen and oxygen atoms in total. The topological polar surface area (TPSA) is 398 Å². The molecule has 1 aliphatic rings. The van der Waals surface area contributed by atoms with Crippen molar-refractivity contribution in [1.82, 2.24) is 47.6 Å². The molecule has 0 saturated carbocycles. The summed E-state index contributed by atoms with van der Waals surface area (Å²) in [4.78, 5) is 152. The van der Waals surface area contributed by atoms with Crippen molar-refractivity contribution in [3.63, 3.8) is 0 Å². The summed E-state index contributed by atoms with van der Waals surface area (Å²) in [6.07, 6.45) is 11.1. The zero-order valence-electron chi connectivity index (χ0n) is 49.6. The van der Waals surface area contributed by atoms with Crippen molar-refractivity contribution in [2.75, 3.05) is 33.3 Å². The Morgan fingerprint density at radius 1 is 0.793 bits per heavy atom. The summed E-state index contributed by atoms with van der Waals surface area (Å²) in [5.41, 5.74) is 10.9. The van der Waals surface area contributed by atoms with Crippen LogP contribution in [0.1, 0.15) is 144 Å². The second-order valence-electron chi connectivity index (χ2n) is 22.1. The van der Waals surface area contributed by atoms with Gasteiger partial charge in [-0.05, 0) is 124 Å². The minimum atomic E-state index is -1.72. The van der Waals surface area contributed by atoms with Gasteiger partial charge < -0.3 is 48.1 Å². The first kappa shape index (κ1) is 71.7. The van der Waals surface area contributed by atoms with E-state index in [0.717, 1.165) is 42.1 Å². The van der Waals surface area contributed by atoms with E-state index in [-0.39, 0.29) is 69.2 Å². The summed E-state index contributed by atoms with van der Waals surface area (Å²) in [5.74, 6) is -3.80. The summed E-state index contributed by atoms with van der Waals surface area (Å²) in [5, 5.41) is 30.8. The third-order valence-electron chi connectivity index (χ3n) is 14.7. The minimum Gasteiger partial charge on any atom is -0.394 e. The smallest absolute Gasteiger partial charge is 0.246 e. The SMILES string of the molecule is CC(=O)CN[C@]1(C)CCCCCC/C=C\CCC[C@@](C)(C(=O)N[C@@H](CO)C(=O)N[C@@H](C)C(=O)C(=O)[C@H](C)NN)NC(=O)[C@H](CCC(C)C)CN[C@@H](CCC(N)=O)C(=O)C(=O)C(C)NC(=O)[C@H](Cc2c[nH]c3ccccc23)NCC1=O.CN. The number of fused-ring (bicyclic) bond motifs is 1. The molecule has 2 aromatic rings. The molecule has 82 heavy (non-hydrogen) atoms. The number of benzene rings is 1. The molecule has 1 unspecified atom stereocenters. The number of aromatic nitrogens is 1. The Kier molecular flexibility index (Phi) is 31.7. The van der Waals surface area contributed by atoms with Crippen molar-refractivity contribution in [1.29, 1.82) is 0 Å². The molecular formula is C58H94N12O12. The number of hydrazine groups is 1. The fourth-order valence-electron chi connectivity index (χ4n) is 9.26. The number of aliphatic hydroxyl groups is 1. The number of aromatic amines is 1. The van der Waals surface area contributed by atoms with Crippen molar-refractivity contribution in [3.05, 3.63) is 48.2 Å². The second-order valence-corrected chi connectivity index (χ2v) is 22.1. The number of hydrogen-bond donors (Lipinski definition) is 13. The van der Waals surface area contributed by atoms with E-state index in [1.807, 2.05) is 50.3 Å². The lowest BCUT2D eigenvalue weighted by Crippen LogP contribution is -2.63. The highest BCUT2D eigenvalue weighted by Crippen LogP contribution is 2.23. The van der Waals surface area contributed by atoms with Crippen molar-refractivity contribution in [3.8, 4) is 0 Å². The first-order valence-electron chi connectivity index (χ1n) is 28.5. The molecule has 0 bridgehead atoms. The third-order valence-corrected chi connectivity index (χ3v) is 14.7. The molecule has 5 amide bonds. The van der Waals surface area contributed by atoms with Crippen LogP contribution in [0, 0.1) is 11.8 Å². The number of Topliss-reactive ketones (excluding diaryl/α,β-unsaturated/α-hetero) is 6. The molecular weight excluding hydrogens is 1060 g/mol. The summed E-state index contributed by atoms with van der Waals surface area (Å²) in [6.45, 7) is 11.0. The van der Waals surface area contributed by atoms with Crippen LogP contribution in [-0.2, 0) is 59.2 Å². The summed E-state index contributed by atoms with van der Waals surface area (Å²) >= 11 is 0. The molecule has 0 fully saturated rings. The standard InChI is InChI=1S/C57H89N11O12.CH5N/c1-34(2)22-23-39-30-61-43(24-25-47(58)72)51(76)49(74)37(5)64-53(78)44(28-40-31-60-42-21-17-16-20-41(40)42)62-32-46(71)56(7,63-29-35(3)70)26-18-14-12-10-9-11-13-15-19-27-57(8,67-52(39)77)55(80)66-45(33-69)54(79)65-36(4)48(73)50(75)38(6)68-59;1-2/h11,13,16-17,20-21,31,34,36-39,43-45,60-63,68-69H,9-10,12,14-15,18-19,22-30,32-33,59H2,1-8H3,(H2,58,72)(H,64,78)(H,65,79)(H,66,80)(H,67,77);2H2,1H3/b13-11-;/t36-,37?,38-,39+,43-,44-,45-,56+,57-;/m0./s1. The molecule has 1 aromatic heterocycles. The highest BCUT2D eigenvalue weighted by molar-refractivity contribution is 6.41. The maximum atomic E-state index is 14.6. The van der Waals surface area contributed by atoms with Crippen molar-refractivity contribution in [2.45, 2.75) is 193 Å². The van der Waals surface area contributed by atoms with E-state index in [9.17, 15) is 57.8 Å². The number of carbonyl (C=O) groups excluding carboxylic acids is 11. The van der Waals surface area contributed by atoms with E-state index in [1.54, 1.807) is 13.1 Å². The fourth-order valence-corrected chi connectivity index (χ4v) is 9.26. The molecule has 0 aliphatic carbocycles. The number of para-hydroxylation sites is 1. The number of nitrogens with one attached hydrogen (secondary N) is 9. The van der Waals surface area contributed by atoms with E-state index in [0.29, 0.717) is 32.1 Å². The lowest BCUT2D eigenvalue weighted by molar-refractivity contribution is -0.140. The molecule has 458 valence electrons. The van der Waals surface area contributed by atoms with Gasteiger partial charge in [0.2, 0.25) is 52.7 Å². The Morgan fingerprint density at radius 2 is 1.44 bits per heavy atom. The monoisotopic (exact) mass is 1150 g/mol. The van der Waals surface area contributed by atoms with E-state index < -0.39 is 113 Å². The largest absolute Gasteiger partial charge is 0.394 e. The van der Waals surface area contributed by atoms with Gasteiger partial charge in [0.25, 0.3) is 0 Å². The molecule has 1 aliphatic heterocycles. The average Bonchev–Trinajstić information content (AvgIpc) is 3.99. The van der Waals surface area contributed by atoms with Crippen LogP contribution >= 0.6 is 0 Å². The first-order chi connectivity index (χ1) is 38.8. The van der Waals surface area contributed by atoms with Crippen LogP contribution in [0.2, 0.25) is 0 Å². The van der Waals surface area contributed by atoms with Gasteiger partial charge in [-0.3, -0.25) is 69.2 Å². The Morgan fingerprint density at radius 3 is 2.07 bits per heavy atom. The maximum Gasteiger partial charge on any atom is 0.246 e. The summed E-state index contributed by atoms with van der Waals surface area (Å²) in [7, 11) is 1.50. The molecule has 24 heteroatoms. The molecule has 0 saturated heterocycles. The number of H-pyrrole nitrogens is 1. The van der Waals surface area contributed by atoms with E-state index in [1.165, 1.54) is 41.7 Å². The quantitative estimate of drug-likeness (QED) is 0.0373. The lowest BCUT2D eigenvalue weighted by Gasteiger charge is -2.33. The van der Waals surface area contributed by atoms with Gasteiger partial charge >= 0.3 is 0 Å². The van der Waals surface area contributed by atoms with Gasteiger partial charge in [0.05, 0.1) is 61.4 Å². The van der Waals surface area contributed by atoms with Gasteiger partial charge in [-0.1, -0.05) is 69.9 Å². The van der Waals surface area contributed by atoms with Gasteiger partial charge in [0.15, 0.2) is 5.78 Å². The number of nitrogens with two attached hydrogens (primary N) is 3. The number of primary amides is 1. The van der Waals surface area contributed by atoms with E-state index in [2.05, 4.69) is 53.4 Å². The molecule has 2 heterocycles. The number of aliphatic hydroxyl groups excluding tert-OH is 1. The van der Waals surface area contributed by atoms with Gasteiger partial charge in [-0.2, -0.15) is 0 Å². The maximum absolute atomic E-state index is 14.6. The van der Waals surface area contributed by atoms with Crippen LogP contribution in [0.5, 0.6) is 0 Å². The lowest BCUT2D eigenvalue weighted by atomic mass is 9.88. The highest BCUT2D eigenvalue weighted by Gasteiger charge is 2.40.